The fourth-order valence-electron chi connectivity index (χ4n) is 0.941. The van der Waals surface area contributed by atoms with Gasteiger partial charge in [0.1, 0.15) is 0 Å². The molecule has 92 valence electrons. The molecule has 0 saturated heterocycles. The van der Waals surface area contributed by atoms with Gasteiger partial charge in [-0.1, -0.05) is 20.8 Å². The van der Waals surface area contributed by atoms with Crippen LogP contribution in [0.15, 0.2) is 0 Å². The Balaban J connectivity index is 4.12. The van der Waals surface area contributed by atoms with E-state index >= 15 is 0 Å². The van der Waals surface area contributed by atoms with E-state index in [0.717, 1.165) is 6.61 Å². The topological polar surface area (TPSA) is 30.5 Å². The molecule has 0 amide bonds. The molecule has 0 aliphatic carbocycles. The van der Waals surface area contributed by atoms with E-state index in [2.05, 4.69) is 39.2 Å². The Hall–Kier alpha value is 0.0969. The lowest BCUT2D eigenvalue weighted by atomic mass is 10.2. The Kier molecular flexibility index (Phi) is 6.03. The summed E-state index contributed by atoms with van der Waals surface area (Å²) in [6.45, 7) is 12.7. The van der Waals surface area contributed by atoms with Crippen LogP contribution < -0.4 is 5.32 Å². The fourth-order valence-corrected chi connectivity index (χ4v) is 1.99. The first kappa shape index (κ1) is 15.1. The van der Waals surface area contributed by atoms with Gasteiger partial charge >= 0.3 is 0 Å². The van der Waals surface area contributed by atoms with Crippen LogP contribution >= 0.6 is 0 Å². The van der Waals surface area contributed by atoms with Crippen molar-refractivity contribution in [1.29, 1.82) is 0 Å². The molecule has 4 heteroatoms. The molecule has 0 aliphatic heterocycles. The Morgan fingerprint density at radius 1 is 1.20 bits per heavy atom. The van der Waals surface area contributed by atoms with Gasteiger partial charge in [0.15, 0.2) is 8.32 Å². The highest BCUT2D eigenvalue weighted by molar-refractivity contribution is 6.74. The molecule has 0 fully saturated rings. The van der Waals surface area contributed by atoms with E-state index < -0.39 is 8.32 Å². The Bertz CT molecular complexity index is 178. The van der Waals surface area contributed by atoms with E-state index in [1.165, 1.54) is 0 Å². The summed E-state index contributed by atoms with van der Waals surface area (Å²) in [6, 6.07) is 0.295. The van der Waals surface area contributed by atoms with Gasteiger partial charge in [0.25, 0.3) is 0 Å². The van der Waals surface area contributed by atoms with Crippen LogP contribution in [-0.2, 0) is 9.16 Å². The maximum absolute atomic E-state index is 6.10. The molecule has 0 aromatic carbocycles. The lowest BCUT2D eigenvalue weighted by molar-refractivity contribution is 0.135. The van der Waals surface area contributed by atoms with Gasteiger partial charge in [-0.25, -0.2) is 0 Å². The summed E-state index contributed by atoms with van der Waals surface area (Å²) in [7, 11) is 2.05. The van der Waals surface area contributed by atoms with Gasteiger partial charge in [-0.2, -0.15) is 0 Å². The first-order valence-corrected chi connectivity index (χ1v) is 8.45. The molecule has 0 saturated carbocycles. The molecular weight excluding hydrogens is 206 g/mol. The Morgan fingerprint density at radius 3 is 2.07 bits per heavy atom. The maximum Gasteiger partial charge on any atom is 0.192 e. The zero-order valence-electron chi connectivity index (χ0n) is 11.3. The number of hydrogen-bond acceptors (Lipinski definition) is 3. The molecule has 0 unspecified atom stereocenters. The van der Waals surface area contributed by atoms with Gasteiger partial charge in [0, 0.05) is 7.11 Å². The van der Waals surface area contributed by atoms with Crippen LogP contribution in [-0.4, -0.2) is 41.7 Å². The minimum atomic E-state index is -1.61. The molecule has 0 aromatic rings. The average molecular weight is 233 g/mol. The van der Waals surface area contributed by atoms with Gasteiger partial charge in [0.05, 0.1) is 19.3 Å². The van der Waals surface area contributed by atoms with E-state index in [0.29, 0.717) is 12.6 Å². The lowest BCUT2D eigenvalue weighted by Gasteiger charge is -2.37. The molecule has 3 nitrogen and oxygen atoms in total. The van der Waals surface area contributed by atoms with Crippen molar-refractivity contribution in [3.63, 3.8) is 0 Å². The third-order valence-electron chi connectivity index (χ3n) is 3.23. The molecule has 0 heterocycles. The summed E-state index contributed by atoms with van der Waals surface area (Å²) < 4.78 is 11.2. The molecule has 0 radical (unpaired) electrons. The number of likely N-dealkylation sites (N-methyl/N-ethyl adjacent to an activating group) is 1. The van der Waals surface area contributed by atoms with Crippen molar-refractivity contribution >= 4 is 8.32 Å². The smallest absolute Gasteiger partial charge is 0.192 e. The Morgan fingerprint density at radius 2 is 1.73 bits per heavy atom. The second-order valence-corrected chi connectivity index (χ2v) is 10.3. The van der Waals surface area contributed by atoms with Crippen LogP contribution in [0, 0.1) is 0 Å². The van der Waals surface area contributed by atoms with E-state index in [9.17, 15) is 0 Å². The number of nitrogens with one attached hydrogen (secondary N) is 1. The lowest BCUT2D eigenvalue weighted by Crippen LogP contribution is -2.45. The first-order valence-electron chi connectivity index (χ1n) is 5.54. The normalized spacial score (nSPS) is 15.4. The second kappa shape index (κ2) is 5.99. The zero-order valence-corrected chi connectivity index (χ0v) is 12.3. The minimum Gasteiger partial charge on any atom is -0.415 e. The monoisotopic (exact) mass is 233 g/mol. The first-order chi connectivity index (χ1) is 6.74. The average Bonchev–Trinajstić information content (AvgIpc) is 2.10. The fraction of sp³-hybridized carbons (Fsp3) is 1.00. The van der Waals surface area contributed by atoms with E-state index in [1.54, 1.807) is 7.11 Å². The highest BCUT2D eigenvalue weighted by Crippen LogP contribution is 2.36. The molecule has 0 bridgehead atoms. The molecule has 1 atom stereocenters. The van der Waals surface area contributed by atoms with E-state index in [1.807, 2.05) is 7.05 Å². The van der Waals surface area contributed by atoms with Gasteiger partial charge in [-0.05, 0) is 25.2 Å². The van der Waals surface area contributed by atoms with Crippen LogP contribution in [0.3, 0.4) is 0 Å². The van der Waals surface area contributed by atoms with Crippen LogP contribution in [0.4, 0.5) is 0 Å². The SMILES string of the molecule is CN[C@@H](COC)CO[Si](C)(C)C(C)(C)C. The van der Waals surface area contributed by atoms with Gasteiger partial charge in [-0.3, -0.25) is 0 Å². The van der Waals surface area contributed by atoms with Crippen molar-refractivity contribution in [2.45, 2.75) is 44.9 Å². The molecule has 0 spiro atoms. The van der Waals surface area contributed by atoms with Crippen LogP contribution in [0.1, 0.15) is 20.8 Å². The summed E-state index contributed by atoms with van der Waals surface area (Å²) >= 11 is 0. The van der Waals surface area contributed by atoms with Crippen molar-refractivity contribution < 1.29 is 9.16 Å². The largest absolute Gasteiger partial charge is 0.415 e. The number of methoxy groups -OCH3 is 1. The van der Waals surface area contributed by atoms with Crippen molar-refractivity contribution in [2.24, 2.45) is 0 Å². The molecule has 0 rings (SSSR count). The third-order valence-corrected chi connectivity index (χ3v) is 7.73. The van der Waals surface area contributed by atoms with Crippen LogP contribution in [0.2, 0.25) is 18.1 Å². The number of hydrogen-bond donors (Lipinski definition) is 1. The molecule has 0 aromatic heterocycles. The molecule has 1 N–H and O–H groups in total. The zero-order chi connectivity index (χ0) is 12.1. The number of rotatable bonds is 6. The molecule has 15 heavy (non-hydrogen) atoms. The summed E-state index contributed by atoms with van der Waals surface area (Å²) in [4.78, 5) is 0. The minimum absolute atomic E-state index is 0.276. The second-order valence-electron chi connectivity index (χ2n) is 5.51. The summed E-state index contributed by atoms with van der Waals surface area (Å²) in [5.74, 6) is 0. The highest BCUT2D eigenvalue weighted by Gasteiger charge is 2.37. The summed E-state index contributed by atoms with van der Waals surface area (Å²) in [6.07, 6.45) is 0. The quantitative estimate of drug-likeness (QED) is 0.714. The van der Waals surface area contributed by atoms with Crippen LogP contribution in [0.5, 0.6) is 0 Å². The Labute approximate surface area is 95.7 Å². The van der Waals surface area contributed by atoms with Gasteiger partial charge in [0.2, 0.25) is 0 Å². The van der Waals surface area contributed by atoms with Crippen molar-refractivity contribution in [3.8, 4) is 0 Å². The third kappa shape index (κ3) is 5.11. The predicted octanol–water partition coefficient (Wildman–Crippen LogP) is 2.24. The van der Waals surface area contributed by atoms with Gasteiger partial charge in [-0.15, -0.1) is 0 Å². The highest BCUT2D eigenvalue weighted by atomic mass is 28.4. The molecular formula is C11H27NO2Si. The summed E-state index contributed by atoms with van der Waals surface area (Å²) in [5, 5.41) is 3.48. The molecule has 0 aliphatic rings. The predicted molar refractivity (Wildman–Crippen MR) is 67.9 cm³/mol. The van der Waals surface area contributed by atoms with E-state index in [-0.39, 0.29) is 5.04 Å². The number of ether oxygens (including phenoxy) is 1. The van der Waals surface area contributed by atoms with Crippen molar-refractivity contribution in [1.82, 2.24) is 5.32 Å². The van der Waals surface area contributed by atoms with E-state index in [4.69, 9.17) is 9.16 Å². The summed E-state index contributed by atoms with van der Waals surface area (Å²) in [5.41, 5.74) is 0. The standard InChI is InChI=1S/C11H27NO2Si/c1-11(2,3)15(6,7)14-9-10(12-4)8-13-5/h10,12H,8-9H2,1-7H3/t10-/m0/s1. The van der Waals surface area contributed by atoms with Crippen LogP contribution in [0.25, 0.3) is 0 Å². The van der Waals surface area contributed by atoms with Gasteiger partial charge < -0.3 is 14.5 Å². The maximum atomic E-state index is 6.10. The van der Waals surface area contributed by atoms with Crippen molar-refractivity contribution in [2.75, 3.05) is 27.4 Å². The van der Waals surface area contributed by atoms with Crippen molar-refractivity contribution in [3.05, 3.63) is 0 Å².